The molecule has 0 aliphatic rings. The summed E-state index contributed by atoms with van der Waals surface area (Å²) in [6.45, 7) is 0. The predicted molar refractivity (Wildman–Crippen MR) is 99.7 cm³/mol. The molecular weight excluding hydrogens is 312 g/mol. The first kappa shape index (κ1) is 16.8. The van der Waals surface area contributed by atoms with Gasteiger partial charge < -0.3 is 14.8 Å². The number of aromatic nitrogens is 2. The molecule has 0 aliphatic heterocycles. The van der Waals surface area contributed by atoms with Crippen LogP contribution in [0.1, 0.15) is 27.8 Å². The van der Waals surface area contributed by atoms with Gasteiger partial charge in [-0.25, -0.2) is 4.98 Å². The third-order valence-corrected chi connectivity index (χ3v) is 4.15. The van der Waals surface area contributed by atoms with Crippen LogP contribution in [0.25, 0.3) is 0 Å². The summed E-state index contributed by atoms with van der Waals surface area (Å²) in [5.74, 6) is 0.670. The Bertz CT molecular complexity index is 855. The molecule has 1 unspecified atom stereocenters. The van der Waals surface area contributed by atoms with Crippen molar-refractivity contribution in [1.82, 2.24) is 14.9 Å². The van der Waals surface area contributed by atoms with Crippen LogP contribution in [0, 0.1) is 0 Å². The number of aryl methyl sites for hydroxylation is 1. The molecule has 0 aliphatic carbocycles. The molecule has 1 atom stereocenters. The van der Waals surface area contributed by atoms with Crippen molar-refractivity contribution in [2.45, 2.75) is 6.04 Å². The summed E-state index contributed by atoms with van der Waals surface area (Å²) in [7, 11) is 5.84. The summed E-state index contributed by atoms with van der Waals surface area (Å²) >= 11 is 0. The molecule has 1 N–H and O–H groups in total. The maximum atomic E-state index is 12.8. The summed E-state index contributed by atoms with van der Waals surface area (Å²) in [5, 5.41) is 3.12. The van der Waals surface area contributed by atoms with Crippen LogP contribution in [0.15, 0.2) is 67.0 Å². The Morgan fingerprint density at radius 2 is 1.88 bits per heavy atom. The third-order valence-electron chi connectivity index (χ3n) is 4.15. The van der Waals surface area contributed by atoms with Gasteiger partial charge in [0, 0.05) is 44.8 Å². The lowest BCUT2D eigenvalue weighted by Gasteiger charge is -2.20. The van der Waals surface area contributed by atoms with Crippen molar-refractivity contribution in [3.63, 3.8) is 0 Å². The van der Waals surface area contributed by atoms with Gasteiger partial charge in [0.05, 0.1) is 0 Å². The predicted octanol–water partition coefficient (Wildman–Crippen LogP) is 3.01. The zero-order valence-electron chi connectivity index (χ0n) is 14.7. The molecule has 0 radical (unpaired) electrons. The van der Waals surface area contributed by atoms with Crippen LogP contribution < -0.4 is 10.2 Å². The van der Waals surface area contributed by atoms with Crippen molar-refractivity contribution >= 4 is 11.6 Å². The van der Waals surface area contributed by atoms with Crippen molar-refractivity contribution in [3.05, 3.63) is 83.9 Å². The van der Waals surface area contributed by atoms with Gasteiger partial charge >= 0.3 is 0 Å². The van der Waals surface area contributed by atoms with Gasteiger partial charge in [0.1, 0.15) is 11.9 Å². The molecule has 0 spiro atoms. The highest BCUT2D eigenvalue weighted by Crippen LogP contribution is 2.21. The van der Waals surface area contributed by atoms with Gasteiger partial charge in [0.15, 0.2) is 0 Å². The molecule has 25 heavy (non-hydrogen) atoms. The highest BCUT2D eigenvalue weighted by Gasteiger charge is 2.21. The van der Waals surface area contributed by atoms with Gasteiger partial charge in [-0.2, -0.15) is 0 Å². The molecule has 3 rings (SSSR count). The summed E-state index contributed by atoms with van der Waals surface area (Å²) < 4.78 is 1.92. The molecule has 1 amide bonds. The Morgan fingerprint density at radius 3 is 2.52 bits per heavy atom. The molecule has 1 aromatic heterocycles. The monoisotopic (exact) mass is 334 g/mol. The average Bonchev–Trinajstić information content (AvgIpc) is 3.06. The first-order valence-electron chi connectivity index (χ1n) is 8.16. The minimum absolute atomic E-state index is 0.124. The van der Waals surface area contributed by atoms with Crippen molar-refractivity contribution < 1.29 is 4.79 Å². The normalized spacial score (nSPS) is 11.8. The fraction of sp³-hybridized carbons (Fsp3) is 0.200. The second-order valence-corrected chi connectivity index (χ2v) is 6.16. The second-order valence-electron chi connectivity index (χ2n) is 6.16. The highest BCUT2D eigenvalue weighted by atomic mass is 16.1. The molecule has 0 bridgehead atoms. The van der Waals surface area contributed by atoms with Gasteiger partial charge in [-0.3, -0.25) is 4.79 Å². The Morgan fingerprint density at radius 1 is 1.12 bits per heavy atom. The van der Waals surface area contributed by atoms with Crippen LogP contribution in [-0.2, 0) is 7.05 Å². The summed E-state index contributed by atoms with van der Waals surface area (Å²) in [6, 6.07) is 17.1. The largest absolute Gasteiger partial charge is 0.378 e. The number of rotatable bonds is 5. The Kier molecular flexibility index (Phi) is 4.84. The minimum atomic E-state index is -0.309. The van der Waals surface area contributed by atoms with Gasteiger partial charge in [-0.05, 0) is 23.8 Å². The van der Waals surface area contributed by atoms with Gasteiger partial charge in [0.2, 0.25) is 0 Å². The number of hydrogen-bond acceptors (Lipinski definition) is 3. The molecule has 0 saturated heterocycles. The number of imidazole rings is 1. The second kappa shape index (κ2) is 7.21. The van der Waals surface area contributed by atoms with Crippen LogP contribution in [0.2, 0.25) is 0 Å². The fourth-order valence-corrected chi connectivity index (χ4v) is 2.74. The van der Waals surface area contributed by atoms with Crippen molar-refractivity contribution in [2.24, 2.45) is 7.05 Å². The standard InChI is InChI=1S/C20H22N4O/c1-23(2)17-11-7-10-16(14-17)20(25)22-18(15-8-5-4-6-9-15)19-21-12-13-24(19)3/h4-14,18H,1-3H3,(H,22,25). The lowest BCUT2D eigenvalue weighted by molar-refractivity contribution is 0.0941. The Labute approximate surface area is 147 Å². The maximum Gasteiger partial charge on any atom is 0.252 e. The van der Waals surface area contributed by atoms with Crippen LogP contribution >= 0.6 is 0 Å². The van der Waals surface area contributed by atoms with E-state index in [1.54, 1.807) is 6.20 Å². The molecule has 0 fully saturated rings. The van der Waals surface area contributed by atoms with Crippen LogP contribution in [0.4, 0.5) is 5.69 Å². The van der Waals surface area contributed by atoms with E-state index < -0.39 is 0 Å². The van der Waals surface area contributed by atoms with Crippen molar-refractivity contribution in [2.75, 3.05) is 19.0 Å². The van der Waals surface area contributed by atoms with Crippen LogP contribution in [0.5, 0.6) is 0 Å². The average molecular weight is 334 g/mol. The van der Waals surface area contributed by atoms with E-state index >= 15 is 0 Å². The highest BCUT2D eigenvalue weighted by molar-refractivity contribution is 5.95. The topological polar surface area (TPSA) is 50.2 Å². The van der Waals surface area contributed by atoms with E-state index in [0.29, 0.717) is 5.56 Å². The minimum Gasteiger partial charge on any atom is -0.378 e. The van der Waals surface area contributed by atoms with Crippen LogP contribution in [0.3, 0.4) is 0 Å². The van der Waals surface area contributed by atoms with E-state index in [4.69, 9.17) is 0 Å². The third kappa shape index (κ3) is 3.71. The number of hydrogen-bond donors (Lipinski definition) is 1. The number of anilines is 1. The van der Waals surface area contributed by atoms with E-state index in [1.807, 2.05) is 91.4 Å². The first-order valence-corrected chi connectivity index (χ1v) is 8.16. The van der Waals surface area contributed by atoms with Gasteiger partial charge in [-0.15, -0.1) is 0 Å². The molecular formula is C20H22N4O. The number of carbonyl (C=O) groups is 1. The number of benzene rings is 2. The lowest BCUT2D eigenvalue weighted by Crippen LogP contribution is -2.31. The van der Waals surface area contributed by atoms with Crippen molar-refractivity contribution in [3.8, 4) is 0 Å². The van der Waals surface area contributed by atoms with E-state index in [9.17, 15) is 4.79 Å². The maximum absolute atomic E-state index is 12.8. The summed E-state index contributed by atoms with van der Waals surface area (Å²) in [5.41, 5.74) is 2.61. The first-order chi connectivity index (χ1) is 12.1. The number of nitrogens with one attached hydrogen (secondary N) is 1. The Balaban J connectivity index is 1.92. The van der Waals surface area contributed by atoms with Crippen LogP contribution in [-0.4, -0.2) is 29.6 Å². The molecule has 2 aromatic carbocycles. The van der Waals surface area contributed by atoms with E-state index in [1.165, 1.54) is 0 Å². The summed E-state index contributed by atoms with van der Waals surface area (Å²) in [4.78, 5) is 19.2. The van der Waals surface area contributed by atoms with E-state index in [2.05, 4.69) is 10.3 Å². The van der Waals surface area contributed by atoms with Crippen molar-refractivity contribution in [1.29, 1.82) is 0 Å². The molecule has 1 heterocycles. The fourth-order valence-electron chi connectivity index (χ4n) is 2.74. The van der Waals surface area contributed by atoms with E-state index in [0.717, 1.165) is 17.1 Å². The van der Waals surface area contributed by atoms with Gasteiger partial charge in [0.25, 0.3) is 5.91 Å². The molecule has 0 saturated carbocycles. The Hall–Kier alpha value is -3.08. The number of amides is 1. The smallest absolute Gasteiger partial charge is 0.252 e. The SMILES string of the molecule is CN(C)c1cccc(C(=O)NC(c2ccccc2)c2nccn2C)c1. The van der Waals surface area contributed by atoms with E-state index in [-0.39, 0.29) is 11.9 Å². The van der Waals surface area contributed by atoms with Gasteiger partial charge in [-0.1, -0.05) is 36.4 Å². The zero-order valence-corrected chi connectivity index (χ0v) is 14.7. The molecule has 5 nitrogen and oxygen atoms in total. The summed E-state index contributed by atoms with van der Waals surface area (Å²) in [6.07, 6.45) is 3.62. The molecule has 128 valence electrons. The number of carbonyl (C=O) groups excluding carboxylic acids is 1. The lowest BCUT2D eigenvalue weighted by atomic mass is 10.1. The quantitative estimate of drug-likeness (QED) is 0.780. The number of nitrogens with zero attached hydrogens (tertiary/aromatic N) is 3. The molecule has 5 heteroatoms. The zero-order chi connectivity index (χ0) is 17.8. The molecule has 3 aromatic rings.